The molecule has 0 saturated carbocycles. The van der Waals surface area contributed by atoms with E-state index in [0.717, 1.165) is 11.9 Å². The van der Waals surface area contributed by atoms with E-state index >= 15 is 0 Å². The van der Waals surface area contributed by atoms with E-state index in [4.69, 9.17) is 0 Å². The lowest BCUT2D eigenvalue weighted by atomic mass is 10.1. The molecule has 0 aliphatic carbocycles. The number of aryl methyl sites for hydroxylation is 1. The molecule has 0 aromatic heterocycles. The van der Waals surface area contributed by atoms with Crippen LogP contribution in [0.5, 0.6) is 0 Å². The molecule has 1 rings (SSSR count). The molecule has 2 heteroatoms. The summed E-state index contributed by atoms with van der Waals surface area (Å²) < 4.78 is 0. The van der Waals surface area contributed by atoms with Gasteiger partial charge in [0.25, 0.3) is 0 Å². The van der Waals surface area contributed by atoms with Crippen LogP contribution in [0.15, 0.2) is 30.3 Å². The molecule has 0 radical (unpaired) electrons. The summed E-state index contributed by atoms with van der Waals surface area (Å²) in [5.74, 6) is 0. The normalized spacial score (nSPS) is 10.8. The second-order valence-corrected chi connectivity index (χ2v) is 4.37. The van der Waals surface area contributed by atoms with Gasteiger partial charge in [0.15, 0.2) is 0 Å². The molecular formula is C12H18BrN. The molecule has 0 heterocycles. The fourth-order valence-electron chi connectivity index (χ4n) is 1.45. The fourth-order valence-corrected chi connectivity index (χ4v) is 2.06. The molecule has 1 nitrogen and oxygen atoms in total. The summed E-state index contributed by atoms with van der Waals surface area (Å²) in [5.41, 5.74) is 1.44. The van der Waals surface area contributed by atoms with E-state index in [-0.39, 0.29) is 0 Å². The SMILES string of the molecule is CN(CCBr)CCCc1ccccc1. The first kappa shape index (κ1) is 11.7. The van der Waals surface area contributed by atoms with Gasteiger partial charge >= 0.3 is 0 Å². The Bertz CT molecular complexity index is 235. The van der Waals surface area contributed by atoms with Crippen LogP contribution in [0.25, 0.3) is 0 Å². The van der Waals surface area contributed by atoms with Crippen LogP contribution in [-0.2, 0) is 6.42 Å². The summed E-state index contributed by atoms with van der Waals surface area (Å²) in [7, 11) is 2.17. The summed E-state index contributed by atoms with van der Waals surface area (Å²) in [4.78, 5) is 2.36. The molecule has 0 aliphatic heterocycles. The van der Waals surface area contributed by atoms with Gasteiger partial charge in [-0.25, -0.2) is 0 Å². The quantitative estimate of drug-likeness (QED) is 0.707. The van der Waals surface area contributed by atoms with Crippen LogP contribution < -0.4 is 0 Å². The highest BCUT2D eigenvalue weighted by Gasteiger charge is 1.97. The average Bonchev–Trinajstić information content (AvgIpc) is 2.20. The van der Waals surface area contributed by atoms with Crippen molar-refractivity contribution in [2.75, 3.05) is 25.5 Å². The largest absolute Gasteiger partial charge is 0.306 e. The van der Waals surface area contributed by atoms with Crippen LogP contribution in [0.2, 0.25) is 0 Å². The van der Waals surface area contributed by atoms with E-state index in [2.05, 4.69) is 58.2 Å². The van der Waals surface area contributed by atoms with Crippen LogP contribution in [0.3, 0.4) is 0 Å². The van der Waals surface area contributed by atoms with Crippen molar-refractivity contribution >= 4 is 15.9 Å². The summed E-state index contributed by atoms with van der Waals surface area (Å²) >= 11 is 3.45. The van der Waals surface area contributed by atoms with Crippen molar-refractivity contribution in [1.29, 1.82) is 0 Å². The van der Waals surface area contributed by atoms with Crippen LogP contribution in [0.4, 0.5) is 0 Å². The molecule has 1 aromatic rings. The molecule has 1 aromatic carbocycles. The van der Waals surface area contributed by atoms with Gasteiger partial charge in [0.2, 0.25) is 0 Å². The standard InChI is InChI=1S/C12H18BrN/c1-14(11-9-13)10-5-8-12-6-3-2-4-7-12/h2-4,6-7H,5,8-11H2,1H3. The minimum atomic E-state index is 1.06. The Balaban J connectivity index is 2.16. The Labute approximate surface area is 95.2 Å². The average molecular weight is 256 g/mol. The van der Waals surface area contributed by atoms with Gasteiger partial charge in [-0.2, -0.15) is 0 Å². The van der Waals surface area contributed by atoms with Crippen LogP contribution in [-0.4, -0.2) is 30.4 Å². The molecule has 0 amide bonds. The predicted molar refractivity (Wildman–Crippen MR) is 66.1 cm³/mol. The maximum atomic E-state index is 3.45. The lowest BCUT2D eigenvalue weighted by Crippen LogP contribution is -2.22. The minimum Gasteiger partial charge on any atom is -0.306 e. The van der Waals surface area contributed by atoms with Crippen molar-refractivity contribution in [1.82, 2.24) is 4.90 Å². The number of hydrogen-bond donors (Lipinski definition) is 0. The van der Waals surface area contributed by atoms with Crippen molar-refractivity contribution in [3.05, 3.63) is 35.9 Å². The van der Waals surface area contributed by atoms with E-state index in [1.807, 2.05) is 0 Å². The molecule has 0 N–H and O–H groups in total. The predicted octanol–water partition coefficient (Wildman–Crippen LogP) is 2.95. The first-order valence-corrected chi connectivity index (χ1v) is 6.23. The van der Waals surface area contributed by atoms with Gasteiger partial charge in [0.1, 0.15) is 0 Å². The van der Waals surface area contributed by atoms with Gasteiger partial charge in [-0.1, -0.05) is 46.3 Å². The molecule has 0 aliphatic rings. The molecule has 14 heavy (non-hydrogen) atoms. The third kappa shape index (κ3) is 4.77. The van der Waals surface area contributed by atoms with Gasteiger partial charge in [0.05, 0.1) is 0 Å². The Morgan fingerprint density at radius 2 is 1.86 bits per heavy atom. The number of hydrogen-bond acceptors (Lipinski definition) is 1. The Morgan fingerprint density at radius 3 is 2.50 bits per heavy atom. The van der Waals surface area contributed by atoms with Crippen molar-refractivity contribution in [3.8, 4) is 0 Å². The molecule has 0 fully saturated rings. The van der Waals surface area contributed by atoms with E-state index in [0.29, 0.717) is 0 Å². The van der Waals surface area contributed by atoms with Crippen LogP contribution in [0.1, 0.15) is 12.0 Å². The second kappa shape index (κ2) is 7.02. The lowest BCUT2D eigenvalue weighted by Gasteiger charge is -2.14. The van der Waals surface area contributed by atoms with E-state index < -0.39 is 0 Å². The fraction of sp³-hybridized carbons (Fsp3) is 0.500. The summed E-state index contributed by atoms with van der Waals surface area (Å²) in [6, 6.07) is 10.7. The highest BCUT2D eigenvalue weighted by Crippen LogP contribution is 2.02. The minimum absolute atomic E-state index is 1.06. The van der Waals surface area contributed by atoms with Crippen molar-refractivity contribution in [2.24, 2.45) is 0 Å². The number of nitrogens with zero attached hydrogens (tertiary/aromatic N) is 1. The first-order valence-electron chi connectivity index (χ1n) is 5.11. The van der Waals surface area contributed by atoms with Gasteiger partial charge in [0, 0.05) is 11.9 Å². The van der Waals surface area contributed by atoms with Crippen LogP contribution >= 0.6 is 15.9 Å². The van der Waals surface area contributed by atoms with Crippen molar-refractivity contribution in [3.63, 3.8) is 0 Å². The molecule has 0 atom stereocenters. The topological polar surface area (TPSA) is 3.24 Å². The number of halogens is 1. The number of rotatable bonds is 6. The number of benzene rings is 1. The van der Waals surface area contributed by atoms with Gasteiger partial charge in [-0.15, -0.1) is 0 Å². The summed E-state index contributed by atoms with van der Waals surface area (Å²) in [5, 5.41) is 1.06. The molecule has 78 valence electrons. The van der Waals surface area contributed by atoms with E-state index in [1.165, 1.54) is 24.9 Å². The Hall–Kier alpha value is -0.340. The zero-order valence-electron chi connectivity index (χ0n) is 8.75. The maximum Gasteiger partial charge on any atom is 0.0159 e. The third-order valence-corrected chi connectivity index (χ3v) is 2.67. The Morgan fingerprint density at radius 1 is 1.14 bits per heavy atom. The molecule has 0 unspecified atom stereocenters. The second-order valence-electron chi connectivity index (χ2n) is 3.58. The third-order valence-electron chi connectivity index (χ3n) is 2.31. The van der Waals surface area contributed by atoms with Gasteiger partial charge in [-0.3, -0.25) is 0 Å². The van der Waals surface area contributed by atoms with Gasteiger partial charge in [-0.05, 0) is 32.0 Å². The molecule has 0 spiro atoms. The zero-order chi connectivity index (χ0) is 10.2. The van der Waals surface area contributed by atoms with Gasteiger partial charge < -0.3 is 4.90 Å². The highest BCUT2D eigenvalue weighted by molar-refractivity contribution is 9.09. The van der Waals surface area contributed by atoms with Crippen LogP contribution in [0, 0.1) is 0 Å². The molecular weight excluding hydrogens is 238 g/mol. The first-order chi connectivity index (χ1) is 6.83. The number of alkyl halides is 1. The summed E-state index contributed by atoms with van der Waals surface area (Å²) in [6.45, 7) is 2.31. The maximum absolute atomic E-state index is 3.45. The Kier molecular flexibility index (Phi) is 5.88. The molecule has 0 bridgehead atoms. The lowest BCUT2D eigenvalue weighted by molar-refractivity contribution is 0.351. The molecule has 0 saturated heterocycles. The monoisotopic (exact) mass is 255 g/mol. The van der Waals surface area contributed by atoms with E-state index in [1.54, 1.807) is 0 Å². The smallest absolute Gasteiger partial charge is 0.0159 e. The zero-order valence-corrected chi connectivity index (χ0v) is 10.3. The van der Waals surface area contributed by atoms with Crippen molar-refractivity contribution < 1.29 is 0 Å². The van der Waals surface area contributed by atoms with Crippen molar-refractivity contribution in [2.45, 2.75) is 12.8 Å². The van der Waals surface area contributed by atoms with E-state index in [9.17, 15) is 0 Å². The highest BCUT2D eigenvalue weighted by atomic mass is 79.9. The summed E-state index contributed by atoms with van der Waals surface area (Å²) in [6.07, 6.45) is 2.43.